The molecule has 182 valence electrons. The van der Waals surface area contributed by atoms with Crippen molar-refractivity contribution in [2.24, 2.45) is 0 Å². The molecule has 0 heterocycles. The van der Waals surface area contributed by atoms with Crippen LogP contribution < -0.4 is 5.32 Å². The molecule has 0 radical (unpaired) electrons. The number of carbonyl (C=O) groups is 2. The molecule has 0 aliphatic heterocycles. The molecule has 4 aromatic carbocycles. The van der Waals surface area contributed by atoms with E-state index in [-0.39, 0.29) is 18.2 Å². The summed E-state index contributed by atoms with van der Waals surface area (Å²) in [7, 11) is 0. The molecule has 0 spiro atoms. The minimum Gasteiger partial charge on any atom is -0.354 e. The number of halogens is 1. The fraction of sp³-hybridized carbons (Fsp3) is 0.161. The maximum Gasteiger partial charge on any atom is 0.247 e. The average molecular weight is 497 g/mol. The number of hydrogen-bond acceptors (Lipinski definition) is 2. The molecule has 0 aliphatic carbocycles. The molecule has 1 N–H and O–H groups in total. The van der Waals surface area contributed by atoms with E-state index in [1.165, 1.54) is 0 Å². The Kier molecular flexibility index (Phi) is 8.90. The van der Waals surface area contributed by atoms with Gasteiger partial charge in [-0.05, 0) is 40.8 Å². The molecule has 0 unspecified atom stereocenters. The number of nitrogens with one attached hydrogen (secondary N) is 1. The number of rotatable bonds is 10. The molecule has 5 heteroatoms. The van der Waals surface area contributed by atoms with E-state index in [1.807, 2.05) is 103 Å². The third kappa shape index (κ3) is 7.06. The maximum atomic E-state index is 13.7. The predicted octanol–water partition coefficient (Wildman–Crippen LogP) is 6.01. The maximum absolute atomic E-state index is 13.7. The molecule has 0 bridgehead atoms. The Hall–Kier alpha value is -3.89. The smallest absolute Gasteiger partial charge is 0.247 e. The van der Waals surface area contributed by atoms with Crippen LogP contribution in [0.25, 0.3) is 0 Å². The Morgan fingerprint density at radius 2 is 1.25 bits per heavy atom. The first kappa shape index (κ1) is 25.2. The summed E-state index contributed by atoms with van der Waals surface area (Å²) < 4.78 is 0. The fourth-order valence-corrected chi connectivity index (χ4v) is 4.29. The van der Waals surface area contributed by atoms with Gasteiger partial charge in [0.05, 0.1) is 6.42 Å². The summed E-state index contributed by atoms with van der Waals surface area (Å²) in [6.07, 6.45) is 0.885. The first-order valence-corrected chi connectivity index (χ1v) is 12.4. The van der Waals surface area contributed by atoms with Crippen LogP contribution in [-0.2, 0) is 29.0 Å². The highest BCUT2D eigenvalue weighted by molar-refractivity contribution is 6.30. The van der Waals surface area contributed by atoms with Gasteiger partial charge in [0.1, 0.15) is 6.04 Å². The Balaban J connectivity index is 1.61. The van der Waals surface area contributed by atoms with E-state index in [0.717, 1.165) is 22.3 Å². The van der Waals surface area contributed by atoms with Crippen molar-refractivity contribution in [3.05, 3.63) is 143 Å². The van der Waals surface area contributed by atoms with Gasteiger partial charge >= 0.3 is 0 Å². The van der Waals surface area contributed by atoms with Crippen LogP contribution in [0.1, 0.15) is 28.3 Å². The molecule has 1 atom stereocenters. The first-order chi connectivity index (χ1) is 17.6. The number of carbonyl (C=O) groups excluding carboxylic acids is 2. The summed E-state index contributed by atoms with van der Waals surface area (Å²) in [4.78, 5) is 29.1. The van der Waals surface area contributed by atoms with Crippen LogP contribution in [-0.4, -0.2) is 23.3 Å². The lowest BCUT2D eigenvalue weighted by molar-refractivity contribution is -0.141. The van der Waals surface area contributed by atoms with Crippen LogP contribution >= 0.6 is 11.6 Å². The standard InChI is InChI=1S/C31H29ClN2O2/c32-28-18-16-25(17-19-28)22-29(35)34(23-26-12-6-2-7-13-26)30(27-14-8-3-9-15-27)31(36)33-21-20-24-10-4-1-5-11-24/h1-19,30H,20-23H2,(H,33,36)/t30-/m0/s1. The van der Waals surface area contributed by atoms with Crippen molar-refractivity contribution < 1.29 is 9.59 Å². The van der Waals surface area contributed by atoms with Gasteiger partial charge in [0, 0.05) is 18.1 Å². The number of benzene rings is 4. The van der Waals surface area contributed by atoms with Crippen molar-refractivity contribution in [1.82, 2.24) is 10.2 Å². The third-order valence-corrected chi connectivity index (χ3v) is 6.27. The molecule has 2 amide bonds. The summed E-state index contributed by atoms with van der Waals surface area (Å²) in [6, 6.07) is 35.8. The minimum absolute atomic E-state index is 0.131. The van der Waals surface area contributed by atoms with Crippen molar-refractivity contribution in [1.29, 1.82) is 0 Å². The van der Waals surface area contributed by atoms with E-state index in [9.17, 15) is 9.59 Å². The van der Waals surface area contributed by atoms with Crippen molar-refractivity contribution in [2.45, 2.75) is 25.4 Å². The van der Waals surface area contributed by atoms with Gasteiger partial charge < -0.3 is 10.2 Å². The van der Waals surface area contributed by atoms with E-state index in [4.69, 9.17) is 11.6 Å². The Labute approximate surface area is 217 Å². The van der Waals surface area contributed by atoms with Crippen LogP contribution in [0, 0.1) is 0 Å². The summed E-state index contributed by atoms with van der Waals surface area (Å²) >= 11 is 6.03. The van der Waals surface area contributed by atoms with Gasteiger partial charge in [-0.1, -0.05) is 115 Å². The number of hydrogen-bond donors (Lipinski definition) is 1. The van der Waals surface area contributed by atoms with Crippen LogP contribution in [0.15, 0.2) is 115 Å². The van der Waals surface area contributed by atoms with E-state index in [1.54, 1.807) is 17.0 Å². The Bertz CT molecular complexity index is 1250. The lowest BCUT2D eigenvalue weighted by atomic mass is 10.0. The van der Waals surface area contributed by atoms with Gasteiger partial charge in [-0.3, -0.25) is 9.59 Å². The third-order valence-electron chi connectivity index (χ3n) is 6.02. The SMILES string of the molecule is O=C(NCCc1ccccc1)[C@H](c1ccccc1)N(Cc1ccccc1)C(=O)Cc1ccc(Cl)cc1. The zero-order valence-electron chi connectivity index (χ0n) is 20.0. The molecule has 0 saturated carbocycles. The molecular formula is C31H29ClN2O2. The molecule has 36 heavy (non-hydrogen) atoms. The second-order valence-electron chi connectivity index (χ2n) is 8.65. The van der Waals surface area contributed by atoms with Crippen molar-refractivity contribution >= 4 is 23.4 Å². The molecule has 0 fully saturated rings. The van der Waals surface area contributed by atoms with Crippen molar-refractivity contribution in [3.8, 4) is 0 Å². The molecular weight excluding hydrogens is 468 g/mol. The Morgan fingerprint density at radius 3 is 1.86 bits per heavy atom. The first-order valence-electron chi connectivity index (χ1n) is 12.0. The highest BCUT2D eigenvalue weighted by Crippen LogP contribution is 2.25. The second kappa shape index (κ2) is 12.7. The number of nitrogens with zero attached hydrogens (tertiary/aromatic N) is 1. The zero-order valence-corrected chi connectivity index (χ0v) is 20.8. The van der Waals surface area contributed by atoms with Crippen LogP contribution in [0.3, 0.4) is 0 Å². The topological polar surface area (TPSA) is 49.4 Å². The monoisotopic (exact) mass is 496 g/mol. The second-order valence-corrected chi connectivity index (χ2v) is 9.09. The summed E-state index contributed by atoms with van der Waals surface area (Å²) in [5.41, 5.74) is 3.72. The normalized spacial score (nSPS) is 11.5. The lowest BCUT2D eigenvalue weighted by Crippen LogP contribution is -2.44. The van der Waals surface area contributed by atoms with Gasteiger partial charge in [-0.25, -0.2) is 0 Å². The van der Waals surface area contributed by atoms with Crippen LogP contribution in [0.2, 0.25) is 5.02 Å². The summed E-state index contributed by atoms with van der Waals surface area (Å²) in [5.74, 6) is -0.328. The fourth-order valence-electron chi connectivity index (χ4n) is 4.16. The molecule has 4 rings (SSSR count). The van der Waals surface area contributed by atoms with Crippen molar-refractivity contribution in [3.63, 3.8) is 0 Å². The molecule has 0 aliphatic rings. The van der Waals surface area contributed by atoms with E-state index < -0.39 is 6.04 Å². The minimum atomic E-state index is -0.762. The molecule has 4 nitrogen and oxygen atoms in total. The van der Waals surface area contributed by atoms with E-state index in [0.29, 0.717) is 24.5 Å². The van der Waals surface area contributed by atoms with Crippen LogP contribution in [0.4, 0.5) is 0 Å². The van der Waals surface area contributed by atoms with Gasteiger partial charge in [0.15, 0.2) is 0 Å². The van der Waals surface area contributed by atoms with E-state index >= 15 is 0 Å². The predicted molar refractivity (Wildman–Crippen MR) is 144 cm³/mol. The quantitative estimate of drug-likeness (QED) is 0.292. The van der Waals surface area contributed by atoms with Crippen molar-refractivity contribution in [2.75, 3.05) is 6.54 Å². The van der Waals surface area contributed by atoms with Gasteiger partial charge in [-0.2, -0.15) is 0 Å². The van der Waals surface area contributed by atoms with Gasteiger partial charge in [0.25, 0.3) is 0 Å². The highest BCUT2D eigenvalue weighted by Gasteiger charge is 2.31. The average Bonchev–Trinajstić information content (AvgIpc) is 2.91. The lowest BCUT2D eigenvalue weighted by Gasteiger charge is -2.32. The molecule has 0 saturated heterocycles. The summed E-state index contributed by atoms with van der Waals surface area (Å²) in [6.45, 7) is 0.801. The molecule has 4 aromatic rings. The van der Waals surface area contributed by atoms with Gasteiger partial charge in [0.2, 0.25) is 11.8 Å². The zero-order chi connectivity index (χ0) is 25.2. The molecule has 0 aromatic heterocycles. The number of amides is 2. The Morgan fingerprint density at radius 1 is 0.694 bits per heavy atom. The van der Waals surface area contributed by atoms with E-state index in [2.05, 4.69) is 5.32 Å². The van der Waals surface area contributed by atoms with Crippen LogP contribution in [0.5, 0.6) is 0 Å². The van der Waals surface area contributed by atoms with Gasteiger partial charge in [-0.15, -0.1) is 0 Å². The highest BCUT2D eigenvalue weighted by atomic mass is 35.5. The largest absolute Gasteiger partial charge is 0.354 e. The summed E-state index contributed by atoms with van der Waals surface area (Å²) in [5, 5.41) is 3.69.